The Labute approximate surface area is 194 Å². The second-order valence-electron chi connectivity index (χ2n) is 8.90. The highest BCUT2D eigenvalue weighted by molar-refractivity contribution is 8.27. The first-order chi connectivity index (χ1) is 16.0. The Balaban J connectivity index is 1.51. The summed E-state index contributed by atoms with van der Waals surface area (Å²) in [5.74, 6) is 0.158. The van der Waals surface area contributed by atoms with Crippen molar-refractivity contribution in [2.75, 3.05) is 4.90 Å². The topological polar surface area (TPSA) is 125 Å². The number of nitriles is 1. The van der Waals surface area contributed by atoms with E-state index in [-0.39, 0.29) is 11.3 Å². The van der Waals surface area contributed by atoms with Crippen LogP contribution in [0, 0.1) is 11.3 Å². The Bertz CT molecular complexity index is 1210. The number of nitrogens with one attached hydrogen (secondary N) is 2. The van der Waals surface area contributed by atoms with Gasteiger partial charge in [0.1, 0.15) is 11.6 Å². The molecule has 2 fully saturated rings. The average Bonchev–Trinajstić information content (AvgIpc) is 3.69. The molecule has 2 aromatic rings. The van der Waals surface area contributed by atoms with E-state index in [2.05, 4.69) is 21.6 Å². The molecule has 1 atom stereocenters. The zero-order valence-electron chi connectivity index (χ0n) is 17.8. The van der Waals surface area contributed by atoms with Crippen LogP contribution in [0.3, 0.4) is 0 Å². The maximum absolute atomic E-state index is 13.6. The molecule has 2 saturated carbocycles. The Hall–Kier alpha value is -3.01. The van der Waals surface area contributed by atoms with Crippen molar-refractivity contribution in [1.82, 2.24) is 15.5 Å². The fraction of sp³-hybridized carbons (Fsp3) is 0.409. The van der Waals surface area contributed by atoms with E-state index >= 15 is 0 Å². The van der Waals surface area contributed by atoms with Crippen molar-refractivity contribution < 1.29 is 27.1 Å². The van der Waals surface area contributed by atoms with Crippen LogP contribution < -0.4 is 10.2 Å². The van der Waals surface area contributed by atoms with E-state index in [9.17, 15) is 32.3 Å². The first-order valence-electron chi connectivity index (χ1n) is 10.8. The molecule has 8 nitrogen and oxygen atoms in total. The molecule has 3 aliphatic rings. The molecule has 0 radical (unpaired) electrons. The van der Waals surface area contributed by atoms with Crippen LogP contribution in [0.15, 0.2) is 46.3 Å². The van der Waals surface area contributed by atoms with Gasteiger partial charge in [-0.05, 0) is 37.8 Å². The van der Waals surface area contributed by atoms with E-state index in [0.29, 0.717) is 24.6 Å². The standard InChI is InChI=1S/C22H22F3N5O3S/c23-22(24,25)15-3-1-2-4-18(15)34(32,33)14-9-17(20(31)27-21(12-26)7-8-21)30(11-14)19-10-16(28-29-19)13-5-6-13/h1-4,10-11,13,17,32-33H,5-9H2,(H,27,31)(H,28,29)/t17-/m0/s1. The number of hydrogen-bond donors (Lipinski definition) is 4. The molecule has 180 valence electrons. The van der Waals surface area contributed by atoms with Gasteiger partial charge in [-0.25, -0.2) is 0 Å². The van der Waals surface area contributed by atoms with Crippen molar-refractivity contribution in [3.8, 4) is 6.07 Å². The number of nitrogens with zero attached hydrogens (tertiary/aromatic N) is 3. The van der Waals surface area contributed by atoms with Crippen LogP contribution in [0.1, 0.15) is 49.3 Å². The number of aromatic amines is 1. The minimum Gasteiger partial charge on any atom is -0.336 e. The fourth-order valence-corrected chi connectivity index (χ4v) is 5.77. The quantitative estimate of drug-likeness (QED) is 0.462. The highest BCUT2D eigenvalue weighted by Gasteiger charge is 2.48. The molecule has 0 spiro atoms. The van der Waals surface area contributed by atoms with Gasteiger partial charge in [-0.15, -0.1) is 10.6 Å². The summed E-state index contributed by atoms with van der Waals surface area (Å²) in [6.07, 6.45) is -0.700. The van der Waals surface area contributed by atoms with Gasteiger partial charge in [0, 0.05) is 30.3 Å². The van der Waals surface area contributed by atoms with Crippen molar-refractivity contribution >= 4 is 22.3 Å². The smallest absolute Gasteiger partial charge is 0.336 e. The van der Waals surface area contributed by atoms with E-state index < -0.39 is 44.7 Å². The number of anilines is 1. The molecular formula is C22H22F3N5O3S. The third-order valence-corrected chi connectivity index (χ3v) is 8.35. The number of benzene rings is 1. The van der Waals surface area contributed by atoms with Gasteiger partial charge in [0.2, 0.25) is 5.91 Å². The molecule has 5 rings (SSSR count). The molecule has 34 heavy (non-hydrogen) atoms. The molecule has 2 aliphatic carbocycles. The van der Waals surface area contributed by atoms with Gasteiger partial charge < -0.3 is 10.2 Å². The lowest BCUT2D eigenvalue weighted by molar-refractivity contribution is -0.140. The first-order valence-corrected chi connectivity index (χ1v) is 12.3. The van der Waals surface area contributed by atoms with Crippen molar-refractivity contribution in [3.05, 3.63) is 52.7 Å². The summed E-state index contributed by atoms with van der Waals surface area (Å²) in [6.45, 7) is 0. The third-order valence-electron chi connectivity index (χ3n) is 6.37. The Morgan fingerprint density at radius 1 is 1.29 bits per heavy atom. The predicted molar refractivity (Wildman–Crippen MR) is 118 cm³/mol. The summed E-state index contributed by atoms with van der Waals surface area (Å²) in [5, 5.41) is 19.2. The second-order valence-corrected chi connectivity index (χ2v) is 11.0. The molecule has 1 amide bonds. The van der Waals surface area contributed by atoms with Crippen LogP contribution in [-0.2, 0) is 11.0 Å². The second kappa shape index (κ2) is 7.76. The summed E-state index contributed by atoms with van der Waals surface area (Å²) in [6, 6.07) is 7.13. The maximum atomic E-state index is 13.6. The lowest BCUT2D eigenvalue weighted by Crippen LogP contribution is -2.47. The van der Waals surface area contributed by atoms with Crippen LogP contribution in [0.4, 0.5) is 19.0 Å². The highest BCUT2D eigenvalue weighted by atomic mass is 32.3. The van der Waals surface area contributed by atoms with Gasteiger partial charge in [0.05, 0.1) is 21.4 Å². The molecule has 12 heteroatoms. The molecule has 2 heterocycles. The number of carbonyl (C=O) groups excluding carboxylic acids is 1. The number of aromatic nitrogens is 2. The van der Waals surface area contributed by atoms with E-state index in [4.69, 9.17) is 0 Å². The Morgan fingerprint density at radius 3 is 2.62 bits per heavy atom. The number of carbonyl (C=O) groups is 1. The number of halogens is 3. The molecule has 4 N–H and O–H groups in total. The summed E-state index contributed by atoms with van der Waals surface area (Å²) in [4.78, 5) is 13.8. The van der Waals surface area contributed by atoms with Crippen LogP contribution in [0.25, 0.3) is 0 Å². The van der Waals surface area contributed by atoms with Gasteiger partial charge in [0.25, 0.3) is 0 Å². The van der Waals surface area contributed by atoms with Gasteiger partial charge in [0.15, 0.2) is 5.82 Å². The third kappa shape index (κ3) is 4.04. The molecule has 1 aromatic carbocycles. The summed E-state index contributed by atoms with van der Waals surface area (Å²) >= 11 is 0. The van der Waals surface area contributed by atoms with E-state index in [0.717, 1.165) is 30.7 Å². The van der Waals surface area contributed by atoms with E-state index in [1.807, 2.05) is 0 Å². The lowest BCUT2D eigenvalue weighted by Gasteiger charge is -2.35. The number of hydrogen-bond acceptors (Lipinski definition) is 6. The largest absolute Gasteiger partial charge is 0.418 e. The normalized spacial score (nSPS) is 22.2. The van der Waals surface area contributed by atoms with E-state index in [1.165, 1.54) is 23.2 Å². The Kier molecular flexibility index (Phi) is 5.20. The highest BCUT2D eigenvalue weighted by Crippen LogP contribution is 2.61. The van der Waals surface area contributed by atoms with Crippen LogP contribution in [-0.4, -0.2) is 36.8 Å². The van der Waals surface area contributed by atoms with Crippen molar-refractivity contribution in [2.24, 2.45) is 0 Å². The van der Waals surface area contributed by atoms with Crippen LogP contribution in [0.2, 0.25) is 0 Å². The summed E-state index contributed by atoms with van der Waals surface area (Å²) in [5.41, 5.74) is -1.23. The molecule has 0 unspecified atom stereocenters. The predicted octanol–water partition coefficient (Wildman–Crippen LogP) is 4.71. The summed E-state index contributed by atoms with van der Waals surface area (Å²) in [7, 11) is -4.07. The number of rotatable bonds is 6. The average molecular weight is 494 g/mol. The lowest BCUT2D eigenvalue weighted by atomic mass is 10.2. The van der Waals surface area contributed by atoms with Crippen molar-refractivity contribution in [1.29, 1.82) is 5.26 Å². The minimum absolute atomic E-state index is 0.109. The van der Waals surface area contributed by atoms with Crippen molar-refractivity contribution in [3.63, 3.8) is 0 Å². The summed E-state index contributed by atoms with van der Waals surface area (Å²) < 4.78 is 62.8. The van der Waals surface area contributed by atoms with Gasteiger partial charge in [-0.1, -0.05) is 12.1 Å². The van der Waals surface area contributed by atoms with Crippen LogP contribution in [0.5, 0.6) is 0 Å². The Morgan fingerprint density at radius 2 is 2.00 bits per heavy atom. The molecule has 1 aromatic heterocycles. The van der Waals surface area contributed by atoms with Crippen molar-refractivity contribution in [2.45, 2.75) is 60.7 Å². The molecule has 0 bridgehead atoms. The van der Waals surface area contributed by atoms with Crippen LogP contribution >= 0.6 is 10.6 Å². The number of alkyl halides is 3. The van der Waals surface area contributed by atoms with E-state index in [1.54, 1.807) is 6.07 Å². The molecular weight excluding hydrogens is 471 g/mol. The van der Waals surface area contributed by atoms with Gasteiger partial charge in [-0.3, -0.25) is 19.0 Å². The molecule has 1 aliphatic heterocycles. The van der Waals surface area contributed by atoms with Gasteiger partial charge in [-0.2, -0.15) is 23.5 Å². The number of amides is 1. The van der Waals surface area contributed by atoms with Gasteiger partial charge >= 0.3 is 6.18 Å². The maximum Gasteiger partial charge on any atom is 0.418 e. The zero-order valence-corrected chi connectivity index (χ0v) is 18.7. The monoisotopic (exact) mass is 493 g/mol. The fourth-order valence-electron chi connectivity index (χ4n) is 4.08. The number of H-pyrrole nitrogens is 1. The SMILES string of the molecule is N#CC1(NC(=O)[C@@H]2CC(S(O)(O)c3ccccc3C(F)(F)F)=CN2c2cc(C3CC3)[nH]n2)CC1. The first kappa shape index (κ1) is 22.8. The zero-order chi connectivity index (χ0) is 24.3. The molecule has 0 saturated heterocycles. The minimum atomic E-state index is -4.79.